The minimum atomic E-state index is -0.0786. The van der Waals surface area contributed by atoms with Crippen molar-refractivity contribution in [2.24, 2.45) is 0 Å². The van der Waals surface area contributed by atoms with E-state index in [2.05, 4.69) is 43.1 Å². The molecule has 0 unspecified atom stereocenters. The second kappa shape index (κ2) is 4.90. The highest BCUT2D eigenvalue weighted by atomic mass is 16.3. The van der Waals surface area contributed by atoms with Crippen molar-refractivity contribution < 1.29 is 5.11 Å². The molecule has 0 atom stereocenters. The van der Waals surface area contributed by atoms with Gasteiger partial charge in [-0.05, 0) is 38.8 Å². The van der Waals surface area contributed by atoms with Crippen LogP contribution in [0.15, 0.2) is 12.1 Å². The fraction of sp³-hybridized carbons (Fsp3) is 0.429. The van der Waals surface area contributed by atoms with E-state index in [1.807, 2.05) is 11.5 Å². The van der Waals surface area contributed by atoms with Gasteiger partial charge in [-0.1, -0.05) is 17.7 Å². The first-order chi connectivity index (χ1) is 8.58. The Balaban J connectivity index is 2.66. The maximum absolute atomic E-state index is 9.27. The van der Waals surface area contributed by atoms with Gasteiger partial charge in [-0.3, -0.25) is 0 Å². The van der Waals surface area contributed by atoms with Gasteiger partial charge in [-0.25, -0.2) is 0 Å². The van der Waals surface area contributed by atoms with Gasteiger partial charge in [-0.2, -0.15) is 0 Å². The van der Waals surface area contributed by atoms with E-state index >= 15 is 0 Å². The van der Waals surface area contributed by atoms with Gasteiger partial charge < -0.3 is 9.67 Å². The second-order valence-electron chi connectivity index (χ2n) is 4.62. The van der Waals surface area contributed by atoms with Crippen LogP contribution in [0.5, 0.6) is 0 Å². The summed E-state index contributed by atoms with van der Waals surface area (Å²) in [5.41, 5.74) is 4.76. The van der Waals surface area contributed by atoms with Crippen LogP contribution in [0.3, 0.4) is 0 Å². The zero-order chi connectivity index (χ0) is 13.3. The van der Waals surface area contributed by atoms with Gasteiger partial charge >= 0.3 is 0 Å². The summed E-state index contributed by atoms with van der Waals surface area (Å²) in [4.78, 5) is 0. The highest BCUT2D eigenvalue weighted by Gasteiger charge is 2.15. The summed E-state index contributed by atoms with van der Waals surface area (Å²) in [5.74, 6) is 1.46. The van der Waals surface area contributed by atoms with Crippen molar-refractivity contribution in [1.82, 2.24) is 14.8 Å². The molecule has 18 heavy (non-hydrogen) atoms. The second-order valence-corrected chi connectivity index (χ2v) is 4.62. The first kappa shape index (κ1) is 12.8. The first-order valence-electron chi connectivity index (χ1n) is 6.19. The number of nitrogens with zero attached hydrogens (tertiary/aromatic N) is 3. The molecule has 1 N–H and O–H groups in total. The largest absolute Gasteiger partial charge is 0.388 e. The Kier molecular flexibility index (Phi) is 3.48. The van der Waals surface area contributed by atoms with Crippen molar-refractivity contribution in [1.29, 1.82) is 0 Å². The number of hydrogen-bond acceptors (Lipinski definition) is 3. The molecule has 0 amide bonds. The van der Waals surface area contributed by atoms with E-state index in [0.29, 0.717) is 5.82 Å². The van der Waals surface area contributed by atoms with Crippen molar-refractivity contribution in [3.05, 3.63) is 34.6 Å². The Labute approximate surface area is 107 Å². The Hall–Kier alpha value is -1.68. The Morgan fingerprint density at radius 3 is 2.22 bits per heavy atom. The topological polar surface area (TPSA) is 50.9 Å². The smallest absolute Gasteiger partial charge is 0.164 e. The zero-order valence-corrected chi connectivity index (χ0v) is 11.4. The van der Waals surface area contributed by atoms with Crippen LogP contribution in [0.25, 0.3) is 11.4 Å². The van der Waals surface area contributed by atoms with E-state index in [9.17, 15) is 5.11 Å². The standard InChI is InChI=1S/C14H19N3O/c1-5-17-12(8-18)15-16-14(17)13-10(3)6-9(2)7-11(13)4/h6-7,18H,5,8H2,1-4H3. The number of benzene rings is 1. The fourth-order valence-corrected chi connectivity index (χ4v) is 2.50. The van der Waals surface area contributed by atoms with Crippen molar-refractivity contribution in [2.75, 3.05) is 0 Å². The van der Waals surface area contributed by atoms with Crippen molar-refractivity contribution in [3.8, 4) is 11.4 Å². The SMILES string of the molecule is CCn1c(CO)nnc1-c1c(C)cc(C)cc1C. The Bertz CT molecular complexity index is 549. The number of aryl methyl sites for hydroxylation is 3. The molecular weight excluding hydrogens is 226 g/mol. The van der Waals surface area contributed by atoms with E-state index in [-0.39, 0.29) is 6.61 Å². The van der Waals surface area contributed by atoms with Gasteiger partial charge in [0.25, 0.3) is 0 Å². The molecule has 0 radical (unpaired) electrons. The average Bonchev–Trinajstić information content (AvgIpc) is 2.70. The molecule has 1 aromatic carbocycles. The van der Waals surface area contributed by atoms with Crippen molar-refractivity contribution in [2.45, 2.75) is 40.8 Å². The maximum Gasteiger partial charge on any atom is 0.164 e. The molecule has 96 valence electrons. The number of hydrogen-bond donors (Lipinski definition) is 1. The summed E-state index contributed by atoms with van der Waals surface area (Å²) in [6, 6.07) is 4.30. The molecule has 0 bridgehead atoms. The Morgan fingerprint density at radius 1 is 1.11 bits per heavy atom. The van der Waals surface area contributed by atoms with Crippen LogP contribution in [0.2, 0.25) is 0 Å². The molecule has 2 rings (SSSR count). The molecule has 0 spiro atoms. The predicted molar refractivity (Wildman–Crippen MR) is 71.3 cm³/mol. The highest BCUT2D eigenvalue weighted by Crippen LogP contribution is 2.27. The lowest BCUT2D eigenvalue weighted by atomic mass is 9.99. The van der Waals surface area contributed by atoms with E-state index in [1.54, 1.807) is 0 Å². The van der Waals surface area contributed by atoms with Crippen LogP contribution in [-0.2, 0) is 13.2 Å². The summed E-state index contributed by atoms with van der Waals surface area (Å²) in [5, 5.41) is 17.6. The number of aromatic nitrogens is 3. The molecular formula is C14H19N3O. The van der Waals surface area contributed by atoms with E-state index in [1.165, 1.54) is 16.7 Å². The van der Waals surface area contributed by atoms with Crippen LogP contribution in [-0.4, -0.2) is 19.9 Å². The lowest BCUT2D eigenvalue weighted by Gasteiger charge is -2.12. The summed E-state index contributed by atoms with van der Waals surface area (Å²) >= 11 is 0. The molecule has 4 nitrogen and oxygen atoms in total. The van der Waals surface area contributed by atoms with Crippen LogP contribution in [0, 0.1) is 20.8 Å². The van der Waals surface area contributed by atoms with Crippen LogP contribution >= 0.6 is 0 Å². The quantitative estimate of drug-likeness (QED) is 0.903. The molecule has 0 fully saturated rings. The molecule has 0 aliphatic carbocycles. The predicted octanol–water partition coefficient (Wildman–Crippen LogP) is 2.38. The van der Waals surface area contributed by atoms with Crippen LogP contribution < -0.4 is 0 Å². The number of aliphatic hydroxyl groups excluding tert-OH is 1. The molecule has 2 aromatic rings. The van der Waals surface area contributed by atoms with Gasteiger partial charge in [0, 0.05) is 12.1 Å². The van der Waals surface area contributed by atoms with E-state index in [0.717, 1.165) is 17.9 Å². The molecule has 0 aliphatic rings. The van der Waals surface area contributed by atoms with Gasteiger partial charge in [0.2, 0.25) is 0 Å². The fourth-order valence-electron chi connectivity index (χ4n) is 2.50. The van der Waals surface area contributed by atoms with E-state index < -0.39 is 0 Å². The summed E-state index contributed by atoms with van der Waals surface area (Å²) in [7, 11) is 0. The van der Waals surface area contributed by atoms with E-state index in [4.69, 9.17) is 0 Å². The van der Waals surface area contributed by atoms with Crippen LogP contribution in [0.1, 0.15) is 29.4 Å². The molecule has 4 heteroatoms. The summed E-state index contributed by atoms with van der Waals surface area (Å²) in [6.45, 7) is 8.97. The normalized spacial score (nSPS) is 10.9. The Morgan fingerprint density at radius 2 is 1.72 bits per heavy atom. The lowest BCUT2D eigenvalue weighted by Crippen LogP contribution is -2.05. The molecule has 1 aromatic heterocycles. The first-order valence-corrected chi connectivity index (χ1v) is 6.19. The zero-order valence-electron chi connectivity index (χ0n) is 11.4. The van der Waals surface area contributed by atoms with Gasteiger partial charge in [0.1, 0.15) is 6.61 Å². The average molecular weight is 245 g/mol. The lowest BCUT2D eigenvalue weighted by molar-refractivity contribution is 0.265. The molecule has 0 saturated heterocycles. The van der Waals surface area contributed by atoms with Gasteiger partial charge in [-0.15, -0.1) is 10.2 Å². The van der Waals surface area contributed by atoms with Crippen molar-refractivity contribution in [3.63, 3.8) is 0 Å². The minimum Gasteiger partial charge on any atom is -0.388 e. The third kappa shape index (κ3) is 2.04. The van der Waals surface area contributed by atoms with Gasteiger partial charge in [0.15, 0.2) is 11.6 Å². The number of aliphatic hydroxyl groups is 1. The van der Waals surface area contributed by atoms with Gasteiger partial charge in [0.05, 0.1) is 0 Å². The van der Waals surface area contributed by atoms with Crippen LogP contribution in [0.4, 0.5) is 0 Å². The van der Waals surface area contributed by atoms with Crippen molar-refractivity contribution >= 4 is 0 Å². The monoisotopic (exact) mass is 245 g/mol. The number of rotatable bonds is 3. The maximum atomic E-state index is 9.27. The summed E-state index contributed by atoms with van der Waals surface area (Å²) in [6.07, 6.45) is 0. The molecule has 0 saturated carbocycles. The summed E-state index contributed by atoms with van der Waals surface area (Å²) < 4.78 is 1.96. The third-order valence-electron chi connectivity index (χ3n) is 3.19. The molecule has 0 aliphatic heterocycles. The highest BCUT2D eigenvalue weighted by molar-refractivity contribution is 5.65. The molecule has 1 heterocycles. The minimum absolute atomic E-state index is 0.0786. The third-order valence-corrected chi connectivity index (χ3v) is 3.19.